The van der Waals surface area contributed by atoms with Gasteiger partial charge in [-0.25, -0.2) is 9.78 Å². The Kier molecular flexibility index (Phi) is 5.46. The molecule has 4 aromatic rings. The number of carbonyl (C=O) groups excluding carboxylic acids is 1. The minimum Gasteiger partial charge on any atom is -0.484 e. The first-order valence-corrected chi connectivity index (χ1v) is 9.94. The van der Waals surface area contributed by atoms with Crippen LogP contribution in [-0.4, -0.2) is 22.4 Å². The summed E-state index contributed by atoms with van der Waals surface area (Å²) in [6, 6.07) is 12.7. The summed E-state index contributed by atoms with van der Waals surface area (Å²) in [5.74, 6) is -0.0470. The van der Waals surface area contributed by atoms with Crippen LogP contribution in [0.4, 0.5) is 10.8 Å². The first-order chi connectivity index (χ1) is 14.9. The van der Waals surface area contributed by atoms with E-state index >= 15 is 0 Å². The van der Waals surface area contributed by atoms with Gasteiger partial charge in [-0.2, -0.15) is 0 Å². The number of ether oxygens (including phenoxy) is 1. The van der Waals surface area contributed by atoms with Gasteiger partial charge in [0.2, 0.25) is 0 Å². The van der Waals surface area contributed by atoms with Crippen LogP contribution in [0.15, 0.2) is 63.1 Å². The SMILES string of the molecule is Cc1ccc(-c2csc(NC(=O)COc3ccc4ccc(=O)oc4c3)n2)cc1[N+](=O)[O-]. The van der Waals surface area contributed by atoms with E-state index in [1.165, 1.54) is 29.5 Å². The number of nitrogens with zero attached hydrogens (tertiary/aromatic N) is 2. The Morgan fingerprint density at radius 1 is 1.23 bits per heavy atom. The summed E-state index contributed by atoms with van der Waals surface area (Å²) in [6.45, 7) is 1.39. The van der Waals surface area contributed by atoms with Gasteiger partial charge in [-0.05, 0) is 25.1 Å². The van der Waals surface area contributed by atoms with Crippen LogP contribution >= 0.6 is 11.3 Å². The Morgan fingerprint density at radius 3 is 2.84 bits per heavy atom. The van der Waals surface area contributed by atoms with E-state index < -0.39 is 16.5 Å². The van der Waals surface area contributed by atoms with Crippen LogP contribution in [0.1, 0.15) is 5.56 Å². The number of thiazole rings is 1. The molecule has 0 spiro atoms. The predicted molar refractivity (Wildman–Crippen MR) is 116 cm³/mol. The second-order valence-electron chi connectivity index (χ2n) is 6.59. The van der Waals surface area contributed by atoms with Gasteiger partial charge in [0, 0.05) is 40.1 Å². The zero-order chi connectivity index (χ0) is 22.0. The third-order valence-corrected chi connectivity index (χ3v) is 5.17. The van der Waals surface area contributed by atoms with Gasteiger partial charge in [0.1, 0.15) is 11.3 Å². The minimum atomic E-state index is -0.471. The number of nitrogens with one attached hydrogen (secondary N) is 1. The molecular weight excluding hydrogens is 422 g/mol. The number of anilines is 1. The van der Waals surface area contributed by atoms with Crippen molar-refractivity contribution in [2.45, 2.75) is 6.92 Å². The van der Waals surface area contributed by atoms with Crippen LogP contribution in [0.5, 0.6) is 5.75 Å². The lowest BCUT2D eigenvalue weighted by atomic mass is 10.1. The minimum absolute atomic E-state index is 0.00991. The Labute approximate surface area is 179 Å². The molecule has 156 valence electrons. The average Bonchev–Trinajstić information content (AvgIpc) is 3.20. The number of carbonyl (C=O) groups is 1. The van der Waals surface area contributed by atoms with Crippen molar-refractivity contribution in [3.05, 3.63) is 80.0 Å². The van der Waals surface area contributed by atoms with Crippen molar-refractivity contribution < 1.29 is 18.9 Å². The molecule has 2 heterocycles. The fraction of sp³-hybridized carbons (Fsp3) is 0.0952. The highest BCUT2D eigenvalue weighted by Gasteiger charge is 2.14. The summed E-state index contributed by atoms with van der Waals surface area (Å²) in [7, 11) is 0. The zero-order valence-electron chi connectivity index (χ0n) is 16.2. The fourth-order valence-corrected chi connectivity index (χ4v) is 3.60. The van der Waals surface area contributed by atoms with Crippen molar-refractivity contribution in [3.63, 3.8) is 0 Å². The van der Waals surface area contributed by atoms with Gasteiger partial charge in [-0.1, -0.05) is 12.1 Å². The van der Waals surface area contributed by atoms with Crippen LogP contribution in [-0.2, 0) is 4.79 Å². The Bertz CT molecular complexity index is 1360. The number of aromatic nitrogens is 1. The predicted octanol–water partition coefficient (Wildman–Crippen LogP) is 4.15. The number of nitro groups is 1. The molecule has 31 heavy (non-hydrogen) atoms. The lowest BCUT2D eigenvalue weighted by molar-refractivity contribution is -0.385. The number of fused-ring (bicyclic) bond motifs is 1. The maximum Gasteiger partial charge on any atom is 0.336 e. The normalized spacial score (nSPS) is 10.7. The molecule has 0 aliphatic rings. The highest BCUT2D eigenvalue weighted by atomic mass is 32.1. The van der Waals surface area contributed by atoms with E-state index in [-0.39, 0.29) is 12.3 Å². The van der Waals surface area contributed by atoms with E-state index in [0.29, 0.717) is 33.3 Å². The first kappa shape index (κ1) is 20.2. The molecule has 9 nitrogen and oxygen atoms in total. The van der Waals surface area contributed by atoms with E-state index in [9.17, 15) is 19.7 Å². The molecule has 0 atom stereocenters. The molecule has 2 aromatic heterocycles. The Balaban J connectivity index is 1.41. The summed E-state index contributed by atoms with van der Waals surface area (Å²) < 4.78 is 10.6. The van der Waals surface area contributed by atoms with Crippen LogP contribution in [0.2, 0.25) is 0 Å². The molecule has 0 aliphatic carbocycles. The smallest absolute Gasteiger partial charge is 0.336 e. The molecule has 0 bridgehead atoms. The van der Waals surface area contributed by atoms with E-state index in [4.69, 9.17) is 9.15 Å². The van der Waals surface area contributed by atoms with E-state index in [1.54, 1.807) is 42.6 Å². The van der Waals surface area contributed by atoms with Crippen molar-refractivity contribution in [1.82, 2.24) is 4.98 Å². The molecule has 0 saturated heterocycles. The second-order valence-corrected chi connectivity index (χ2v) is 7.45. The zero-order valence-corrected chi connectivity index (χ0v) is 17.0. The topological polar surface area (TPSA) is 125 Å². The molecule has 2 aromatic carbocycles. The highest BCUT2D eigenvalue weighted by Crippen LogP contribution is 2.29. The number of amides is 1. The molecular formula is C21H15N3O6S. The van der Waals surface area contributed by atoms with Crippen LogP contribution < -0.4 is 15.7 Å². The number of nitro benzene ring substituents is 1. The Morgan fingerprint density at radius 2 is 2.03 bits per heavy atom. The quantitative estimate of drug-likeness (QED) is 0.273. The molecule has 1 N–H and O–H groups in total. The van der Waals surface area contributed by atoms with Crippen LogP contribution in [0, 0.1) is 17.0 Å². The maximum absolute atomic E-state index is 12.2. The summed E-state index contributed by atoms with van der Waals surface area (Å²) in [4.78, 5) is 38.5. The van der Waals surface area contributed by atoms with Gasteiger partial charge in [-0.15, -0.1) is 11.3 Å². The molecule has 1 amide bonds. The molecule has 0 radical (unpaired) electrons. The number of rotatable bonds is 6. The van der Waals surface area contributed by atoms with Gasteiger partial charge in [0.25, 0.3) is 11.6 Å². The lowest BCUT2D eigenvalue weighted by Gasteiger charge is -2.06. The number of hydrogen-bond donors (Lipinski definition) is 1. The molecule has 0 aliphatic heterocycles. The lowest BCUT2D eigenvalue weighted by Crippen LogP contribution is -2.20. The summed E-state index contributed by atoms with van der Waals surface area (Å²) in [6.07, 6.45) is 0. The van der Waals surface area contributed by atoms with E-state index in [1.807, 2.05) is 0 Å². The van der Waals surface area contributed by atoms with Gasteiger partial charge < -0.3 is 9.15 Å². The third kappa shape index (κ3) is 4.59. The molecule has 4 rings (SSSR count). The molecule has 0 unspecified atom stereocenters. The summed E-state index contributed by atoms with van der Waals surface area (Å²) in [5.41, 5.74) is 1.57. The van der Waals surface area contributed by atoms with Gasteiger partial charge in [0.05, 0.1) is 10.6 Å². The van der Waals surface area contributed by atoms with Crippen molar-refractivity contribution in [2.75, 3.05) is 11.9 Å². The summed E-state index contributed by atoms with van der Waals surface area (Å²) in [5, 5.41) is 16.6. The van der Waals surface area contributed by atoms with Crippen molar-refractivity contribution in [3.8, 4) is 17.0 Å². The van der Waals surface area contributed by atoms with E-state index in [2.05, 4.69) is 10.3 Å². The second kappa shape index (κ2) is 8.36. The molecule has 10 heteroatoms. The fourth-order valence-electron chi connectivity index (χ4n) is 2.86. The van der Waals surface area contributed by atoms with Gasteiger partial charge in [-0.3, -0.25) is 20.2 Å². The van der Waals surface area contributed by atoms with E-state index in [0.717, 1.165) is 5.39 Å². The van der Waals surface area contributed by atoms with Gasteiger partial charge >= 0.3 is 5.63 Å². The van der Waals surface area contributed by atoms with Crippen molar-refractivity contribution in [2.24, 2.45) is 0 Å². The monoisotopic (exact) mass is 437 g/mol. The van der Waals surface area contributed by atoms with Crippen molar-refractivity contribution >= 4 is 39.0 Å². The maximum atomic E-state index is 12.2. The number of hydrogen-bond acceptors (Lipinski definition) is 8. The molecule has 0 fully saturated rings. The highest BCUT2D eigenvalue weighted by molar-refractivity contribution is 7.14. The largest absolute Gasteiger partial charge is 0.484 e. The van der Waals surface area contributed by atoms with Crippen molar-refractivity contribution in [1.29, 1.82) is 0 Å². The Hall–Kier alpha value is -4.05. The number of aryl methyl sites for hydroxylation is 1. The van der Waals surface area contributed by atoms with Crippen LogP contribution in [0.25, 0.3) is 22.2 Å². The first-order valence-electron chi connectivity index (χ1n) is 9.06. The van der Waals surface area contributed by atoms with Gasteiger partial charge in [0.15, 0.2) is 11.7 Å². The standard InChI is InChI=1S/C21H15N3O6S/c1-12-2-3-14(8-17(12)24(27)28)16-11-31-21(22-16)23-19(25)10-29-15-6-4-13-5-7-20(26)30-18(13)9-15/h2-9,11H,10H2,1H3,(H,22,23,25). The summed E-state index contributed by atoms with van der Waals surface area (Å²) >= 11 is 1.20. The molecule has 0 saturated carbocycles. The average molecular weight is 437 g/mol. The third-order valence-electron chi connectivity index (χ3n) is 4.42. The van der Waals surface area contributed by atoms with Crippen LogP contribution in [0.3, 0.4) is 0 Å². The number of benzene rings is 2.